The number of aryl methyl sites for hydroxylation is 2. The van der Waals surface area contributed by atoms with Crippen LogP contribution in [0.2, 0.25) is 0 Å². The average molecular weight is 351 g/mol. The zero-order chi connectivity index (χ0) is 17.9. The maximum atomic E-state index is 12.6. The fraction of sp³-hybridized carbons (Fsp3) is 0.375. The maximum absolute atomic E-state index is 12.6. The van der Waals surface area contributed by atoms with Crippen molar-refractivity contribution in [2.75, 3.05) is 18.4 Å². The second-order valence-electron chi connectivity index (χ2n) is 5.27. The Labute approximate surface area is 141 Å². The van der Waals surface area contributed by atoms with Gasteiger partial charge in [-0.05, 0) is 32.0 Å². The number of sulfonamides is 1. The maximum Gasteiger partial charge on any atom is 0.255 e. The lowest BCUT2D eigenvalue weighted by molar-refractivity contribution is 0.102. The molecule has 24 heavy (non-hydrogen) atoms. The zero-order valence-electron chi connectivity index (χ0n) is 14.2. The first kappa shape index (κ1) is 18.2. The molecule has 7 nitrogen and oxygen atoms in total. The molecule has 0 aliphatic heterocycles. The van der Waals surface area contributed by atoms with E-state index in [4.69, 9.17) is 4.52 Å². The minimum absolute atomic E-state index is 0.0950. The number of carbonyl (C=O) groups excluding carboxylic acids is 1. The fourth-order valence-electron chi connectivity index (χ4n) is 2.36. The van der Waals surface area contributed by atoms with Gasteiger partial charge in [0, 0.05) is 18.7 Å². The topological polar surface area (TPSA) is 92.5 Å². The summed E-state index contributed by atoms with van der Waals surface area (Å²) in [6.45, 7) is 7.69. The summed E-state index contributed by atoms with van der Waals surface area (Å²) in [5.41, 5.74) is 1.31. The third kappa shape index (κ3) is 3.49. The van der Waals surface area contributed by atoms with E-state index in [1.807, 2.05) is 0 Å². The van der Waals surface area contributed by atoms with Gasteiger partial charge in [-0.3, -0.25) is 4.79 Å². The van der Waals surface area contributed by atoms with Gasteiger partial charge < -0.3 is 9.84 Å². The van der Waals surface area contributed by atoms with Crippen LogP contribution < -0.4 is 5.32 Å². The summed E-state index contributed by atoms with van der Waals surface area (Å²) in [5.74, 6) is 0.0776. The van der Waals surface area contributed by atoms with Crippen molar-refractivity contribution in [1.29, 1.82) is 0 Å². The SMILES string of the molecule is CCN(CC)S(=O)(=O)c1cccc(C(=O)Nc2c(C)noc2C)c1. The Balaban J connectivity index is 2.32. The van der Waals surface area contributed by atoms with Crippen LogP contribution in [0.25, 0.3) is 0 Å². The molecule has 8 heteroatoms. The number of nitrogens with one attached hydrogen (secondary N) is 1. The molecule has 0 fully saturated rings. The minimum Gasteiger partial charge on any atom is -0.359 e. The second-order valence-corrected chi connectivity index (χ2v) is 7.21. The summed E-state index contributed by atoms with van der Waals surface area (Å²) in [6, 6.07) is 5.98. The van der Waals surface area contributed by atoms with Gasteiger partial charge in [0.05, 0.1) is 4.90 Å². The van der Waals surface area contributed by atoms with Gasteiger partial charge in [0.2, 0.25) is 10.0 Å². The molecule has 1 N–H and O–H groups in total. The van der Waals surface area contributed by atoms with Crippen LogP contribution in [0.5, 0.6) is 0 Å². The van der Waals surface area contributed by atoms with E-state index in [-0.39, 0.29) is 10.5 Å². The van der Waals surface area contributed by atoms with Gasteiger partial charge in [0.15, 0.2) is 5.76 Å². The van der Waals surface area contributed by atoms with Crippen LogP contribution in [0.4, 0.5) is 5.69 Å². The van der Waals surface area contributed by atoms with E-state index in [1.54, 1.807) is 39.8 Å². The van der Waals surface area contributed by atoms with Crippen molar-refractivity contribution in [2.24, 2.45) is 0 Å². The minimum atomic E-state index is -3.61. The van der Waals surface area contributed by atoms with E-state index in [0.717, 1.165) is 0 Å². The molecule has 0 saturated heterocycles. The van der Waals surface area contributed by atoms with Gasteiger partial charge >= 0.3 is 0 Å². The van der Waals surface area contributed by atoms with Gasteiger partial charge in [-0.15, -0.1) is 0 Å². The number of rotatable bonds is 6. The molecule has 0 spiro atoms. The predicted molar refractivity (Wildman–Crippen MR) is 90.5 cm³/mol. The van der Waals surface area contributed by atoms with E-state index in [9.17, 15) is 13.2 Å². The molecule has 0 unspecified atom stereocenters. The summed E-state index contributed by atoms with van der Waals surface area (Å²) >= 11 is 0. The normalized spacial score (nSPS) is 11.7. The number of nitrogens with zero attached hydrogens (tertiary/aromatic N) is 2. The Morgan fingerprint density at radius 3 is 2.46 bits per heavy atom. The smallest absolute Gasteiger partial charge is 0.255 e. The van der Waals surface area contributed by atoms with E-state index >= 15 is 0 Å². The highest BCUT2D eigenvalue weighted by Gasteiger charge is 2.23. The molecule has 2 rings (SSSR count). The molecule has 1 amide bonds. The van der Waals surface area contributed by atoms with Crippen LogP contribution in [-0.2, 0) is 10.0 Å². The van der Waals surface area contributed by atoms with Crippen molar-refractivity contribution < 1.29 is 17.7 Å². The molecule has 1 aromatic carbocycles. The van der Waals surface area contributed by atoms with Gasteiger partial charge in [0.25, 0.3) is 5.91 Å². The molecule has 1 aromatic heterocycles. The van der Waals surface area contributed by atoms with Crippen LogP contribution in [0.1, 0.15) is 35.7 Å². The fourth-order valence-corrected chi connectivity index (χ4v) is 3.86. The molecular weight excluding hydrogens is 330 g/mol. The Morgan fingerprint density at radius 2 is 1.92 bits per heavy atom. The lowest BCUT2D eigenvalue weighted by Gasteiger charge is -2.18. The molecule has 0 atom stereocenters. The average Bonchev–Trinajstić information content (AvgIpc) is 2.87. The highest BCUT2D eigenvalue weighted by Crippen LogP contribution is 2.21. The van der Waals surface area contributed by atoms with Crippen molar-refractivity contribution in [3.63, 3.8) is 0 Å². The second kappa shape index (κ2) is 7.14. The number of anilines is 1. The molecule has 0 saturated carbocycles. The number of hydrogen-bond acceptors (Lipinski definition) is 5. The highest BCUT2D eigenvalue weighted by atomic mass is 32.2. The van der Waals surface area contributed by atoms with E-state index in [1.165, 1.54) is 16.4 Å². The number of aromatic nitrogens is 1. The van der Waals surface area contributed by atoms with Crippen LogP contribution in [0.15, 0.2) is 33.7 Å². The first-order chi connectivity index (χ1) is 11.3. The quantitative estimate of drug-likeness (QED) is 0.863. The Bertz CT molecular complexity index is 819. The van der Waals surface area contributed by atoms with E-state index < -0.39 is 15.9 Å². The molecule has 0 bridgehead atoms. The molecule has 0 radical (unpaired) electrons. The van der Waals surface area contributed by atoms with Crippen molar-refractivity contribution in [2.45, 2.75) is 32.6 Å². The largest absolute Gasteiger partial charge is 0.359 e. The Morgan fingerprint density at radius 1 is 1.25 bits per heavy atom. The van der Waals surface area contributed by atoms with Crippen molar-refractivity contribution >= 4 is 21.6 Å². The zero-order valence-corrected chi connectivity index (χ0v) is 15.0. The Hall–Kier alpha value is -2.19. The predicted octanol–water partition coefficient (Wildman–Crippen LogP) is 2.57. The van der Waals surface area contributed by atoms with Crippen LogP contribution in [0.3, 0.4) is 0 Å². The van der Waals surface area contributed by atoms with Crippen LogP contribution in [-0.4, -0.2) is 36.9 Å². The Kier molecular flexibility index (Phi) is 5.40. The standard InChI is InChI=1S/C16H21N3O4S/c1-5-19(6-2)24(21,22)14-9-7-8-13(10-14)16(20)17-15-11(3)18-23-12(15)4/h7-10H,5-6H2,1-4H3,(H,17,20). The number of benzene rings is 1. The first-order valence-electron chi connectivity index (χ1n) is 7.65. The molecule has 0 aliphatic carbocycles. The van der Waals surface area contributed by atoms with E-state index in [0.29, 0.717) is 30.2 Å². The monoisotopic (exact) mass is 351 g/mol. The van der Waals surface area contributed by atoms with Crippen LogP contribution >= 0.6 is 0 Å². The first-order valence-corrected chi connectivity index (χ1v) is 9.09. The molecule has 1 heterocycles. The lowest BCUT2D eigenvalue weighted by Crippen LogP contribution is -2.30. The summed E-state index contributed by atoms with van der Waals surface area (Å²) in [5, 5.41) is 6.48. The third-order valence-corrected chi connectivity index (χ3v) is 5.76. The highest BCUT2D eigenvalue weighted by molar-refractivity contribution is 7.89. The summed E-state index contributed by atoms with van der Waals surface area (Å²) in [6.07, 6.45) is 0. The van der Waals surface area contributed by atoms with Crippen molar-refractivity contribution in [3.8, 4) is 0 Å². The van der Waals surface area contributed by atoms with Crippen molar-refractivity contribution in [3.05, 3.63) is 41.3 Å². The molecule has 130 valence electrons. The number of hydrogen-bond donors (Lipinski definition) is 1. The van der Waals surface area contributed by atoms with E-state index in [2.05, 4.69) is 10.5 Å². The van der Waals surface area contributed by atoms with Gasteiger partial charge in [-0.2, -0.15) is 4.31 Å². The summed E-state index contributed by atoms with van der Waals surface area (Å²) in [7, 11) is -3.61. The van der Waals surface area contributed by atoms with Gasteiger partial charge in [-0.25, -0.2) is 8.42 Å². The van der Waals surface area contributed by atoms with Gasteiger partial charge in [0.1, 0.15) is 11.4 Å². The van der Waals surface area contributed by atoms with Crippen molar-refractivity contribution in [1.82, 2.24) is 9.46 Å². The molecular formula is C16H21N3O4S. The molecule has 2 aromatic rings. The third-order valence-electron chi connectivity index (χ3n) is 3.71. The molecule has 0 aliphatic rings. The number of carbonyl (C=O) groups is 1. The van der Waals surface area contributed by atoms with Gasteiger partial charge in [-0.1, -0.05) is 25.1 Å². The summed E-state index contributed by atoms with van der Waals surface area (Å²) < 4.78 is 31.5. The summed E-state index contributed by atoms with van der Waals surface area (Å²) in [4.78, 5) is 12.5. The lowest BCUT2D eigenvalue weighted by atomic mass is 10.2. The van der Waals surface area contributed by atoms with Crippen LogP contribution in [0, 0.1) is 13.8 Å². The number of amides is 1.